The van der Waals surface area contributed by atoms with Gasteiger partial charge in [-0.15, -0.1) is 0 Å². The summed E-state index contributed by atoms with van der Waals surface area (Å²) < 4.78 is 10.2. The molecule has 0 spiro atoms. The van der Waals surface area contributed by atoms with Gasteiger partial charge in [0.1, 0.15) is 0 Å². The molecule has 3 heteroatoms. The van der Waals surface area contributed by atoms with E-state index in [1.807, 2.05) is 6.92 Å². The SMILES string of the molecule is CCOC(=O)C1C2CCOC21. The van der Waals surface area contributed by atoms with Gasteiger partial charge in [0.2, 0.25) is 0 Å². The minimum Gasteiger partial charge on any atom is -0.466 e. The maximum absolute atomic E-state index is 11.1. The summed E-state index contributed by atoms with van der Waals surface area (Å²) in [6, 6.07) is 0. The van der Waals surface area contributed by atoms with Crippen molar-refractivity contribution in [2.45, 2.75) is 19.4 Å². The largest absolute Gasteiger partial charge is 0.466 e. The molecule has 0 radical (unpaired) electrons. The van der Waals surface area contributed by atoms with Gasteiger partial charge in [-0.1, -0.05) is 0 Å². The van der Waals surface area contributed by atoms with Crippen LogP contribution in [0.3, 0.4) is 0 Å². The molecular formula is C8H12O3. The Balaban J connectivity index is 1.85. The second-order valence-electron chi connectivity index (χ2n) is 3.07. The van der Waals surface area contributed by atoms with Crippen LogP contribution in [0.1, 0.15) is 13.3 Å². The molecule has 1 saturated carbocycles. The number of ether oxygens (including phenoxy) is 2. The van der Waals surface area contributed by atoms with Gasteiger partial charge < -0.3 is 9.47 Å². The van der Waals surface area contributed by atoms with Gasteiger partial charge in [-0.25, -0.2) is 0 Å². The second-order valence-corrected chi connectivity index (χ2v) is 3.07. The molecule has 2 aliphatic rings. The van der Waals surface area contributed by atoms with E-state index < -0.39 is 0 Å². The standard InChI is InChI=1S/C8H12O3/c1-2-10-8(9)6-5-3-4-11-7(5)6/h5-7H,2-4H2,1H3. The van der Waals surface area contributed by atoms with Crippen molar-refractivity contribution in [3.8, 4) is 0 Å². The molecule has 0 aromatic heterocycles. The average Bonchev–Trinajstić information content (AvgIpc) is 2.47. The normalized spacial score (nSPS) is 39.9. The molecule has 0 aromatic rings. The third-order valence-corrected chi connectivity index (χ3v) is 2.42. The summed E-state index contributed by atoms with van der Waals surface area (Å²) in [4.78, 5) is 11.1. The topological polar surface area (TPSA) is 35.5 Å². The Bertz CT molecular complexity index is 168. The second kappa shape index (κ2) is 2.48. The van der Waals surface area contributed by atoms with E-state index in [0.29, 0.717) is 12.5 Å². The Kier molecular flexibility index (Phi) is 1.60. The third kappa shape index (κ3) is 1.03. The smallest absolute Gasteiger partial charge is 0.311 e. The number of hydrogen-bond acceptors (Lipinski definition) is 3. The Morgan fingerprint density at radius 2 is 2.55 bits per heavy atom. The van der Waals surface area contributed by atoms with Crippen LogP contribution in [0.2, 0.25) is 0 Å². The highest BCUT2D eigenvalue weighted by atomic mass is 16.5. The van der Waals surface area contributed by atoms with Gasteiger partial charge in [0, 0.05) is 12.5 Å². The molecule has 1 aliphatic heterocycles. The van der Waals surface area contributed by atoms with Crippen molar-refractivity contribution in [1.82, 2.24) is 0 Å². The number of carbonyl (C=O) groups is 1. The van der Waals surface area contributed by atoms with Crippen LogP contribution in [0, 0.1) is 11.8 Å². The molecule has 3 nitrogen and oxygen atoms in total. The maximum Gasteiger partial charge on any atom is 0.311 e. The molecule has 0 bridgehead atoms. The van der Waals surface area contributed by atoms with Gasteiger partial charge in [0.05, 0.1) is 18.6 Å². The van der Waals surface area contributed by atoms with Crippen molar-refractivity contribution >= 4 is 5.97 Å². The van der Waals surface area contributed by atoms with Crippen molar-refractivity contribution in [2.24, 2.45) is 11.8 Å². The lowest BCUT2D eigenvalue weighted by molar-refractivity contribution is -0.146. The molecule has 62 valence electrons. The van der Waals surface area contributed by atoms with Crippen LogP contribution < -0.4 is 0 Å². The highest BCUT2D eigenvalue weighted by molar-refractivity contribution is 5.77. The van der Waals surface area contributed by atoms with Gasteiger partial charge in [0.15, 0.2) is 0 Å². The predicted octanol–water partition coefficient (Wildman–Crippen LogP) is 0.584. The van der Waals surface area contributed by atoms with Gasteiger partial charge >= 0.3 is 5.97 Å². The fourth-order valence-corrected chi connectivity index (χ4v) is 1.80. The van der Waals surface area contributed by atoms with Gasteiger partial charge in [-0.3, -0.25) is 4.79 Å². The molecule has 2 rings (SSSR count). The van der Waals surface area contributed by atoms with Crippen LogP contribution in [0.15, 0.2) is 0 Å². The average molecular weight is 156 g/mol. The van der Waals surface area contributed by atoms with Crippen molar-refractivity contribution in [2.75, 3.05) is 13.2 Å². The van der Waals surface area contributed by atoms with Crippen molar-refractivity contribution < 1.29 is 14.3 Å². The number of fused-ring (bicyclic) bond motifs is 1. The fourth-order valence-electron chi connectivity index (χ4n) is 1.80. The van der Waals surface area contributed by atoms with E-state index in [2.05, 4.69) is 0 Å². The molecule has 0 N–H and O–H groups in total. The lowest BCUT2D eigenvalue weighted by atomic mass is 10.2. The van der Waals surface area contributed by atoms with E-state index in [1.165, 1.54) is 0 Å². The molecule has 1 aliphatic carbocycles. The van der Waals surface area contributed by atoms with E-state index in [0.717, 1.165) is 13.0 Å². The summed E-state index contributed by atoms with van der Waals surface area (Å²) in [6.45, 7) is 3.14. The number of carbonyl (C=O) groups excluding carboxylic acids is 1. The first kappa shape index (κ1) is 7.10. The Morgan fingerprint density at radius 1 is 1.73 bits per heavy atom. The minimum atomic E-state index is -0.0674. The summed E-state index contributed by atoms with van der Waals surface area (Å²) >= 11 is 0. The zero-order valence-electron chi connectivity index (χ0n) is 6.58. The summed E-state index contributed by atoms with van der Waals surface area (Å²) in [5.41, 5.74) is 0. The molecule has 2 fully saturated rings. The van der Waals surface area contributed by atoms with E-state index in [-0.39, 0.29) is 18.0 Å². The molecule has 11 heavy (non-hydrogen) atoms. The lowest BCUT2D eigenvalue weighted by Gasteiger charge is -2.02. The van der Waals surface area contributed by atoms with Gasteiger partial charge in [-0.2, -0.15) is 0 Å². The number of rotatable bonds is 2. The lowest BCUT2D eigenvalue weighted by Crippen LogP contribution is -2.12. The maximum atomic E-state index is 11.1. The molecule has 0 aromatic carbocycles. The molecule has 3 atom stereocenters. The van der Waals surface area contributed by atoms with E-state index in [9.17, 15) is 4.79 Å². The van der Waals surface area contributed by atoms with E-state index in [1.54, 1.807) is 0 Å². The highest BCUT2D eigenvalue weighted by Gasteiger charge is 2.59. The Hall–Kier alpha value is -0.570. The first-order valence-corrected chi connectivity index (χ1v) is 4.13. The summed E-state index contributed by atoms with van der Waals surface area (Å²) in [5, 5.41) is 0. The highest BCUT2D eigenvalue weighted by Crippen LogP contribution is 2.49. The van der Waals surface area contributed by atoms with Gasteiger partial charge in [0.25, 0.3) is 0 Å². The van der Waals surface area contributed by atoms with Crippen LogP contribution in [0.4, 0.5) is 0 Å². The molecule has 1 saturated heterocycles. The quantitative estimate of drug-likeness (QED) is 0.549. The van der Waals surface area contributed by atoms with Crippen LogP contribution >= 0.6 is 0 Å². The van der Waals surface area contributed by atoms with Crippen molar-refractivity contribution in [3.63, 3.8) is 0 Å². The van der Waals surface area contributed by atoms with Crippen molar-refractivity contribution in [1.29, 1.82) is 0 Å². The molecule has 1 heterocycles. The third-order valence-electron chi connectivity index (χ3n) is 2.42. The summed E-state index contributed by atoms with van der Waals surface area (Å²) in [7, 11) is 0. The van der Waals surface area contributed by atoms with E-state index in [4.69, 9.17) is 9.47 Å². The first-order valence-electron chi connectivity index (χ1n) is 4.13. The van der Waals surface area contributed by atoms with Crippen LogP contribution in [-0.2, 0) is 14.3 Å². The molecular weight excluding hydrogens is 144 g/mol. The van der Waals surface area contributed by atoms with Gasteiger partial charge in [-0.05, 0) is 13.3 Å². The Labute approximate surface area is 65.7 Å². The first-order chi connectivity index (χ1) is 5.34. The van der Waals surface area contributed by atoms with Crippen LogP contribution in [-0.4, -0.2) is 25.3 Å². The summed E-state index contributed by atoms with van der Waals surface area (Å²) in [6.07, 6.45) is 1.24. The zero-order chi connectivity index (χ0) is 7.84. The van der Waals surface area contributed by atoms with Crippen molar-refractivity contribution in [3.05, 3.63) is 0 Å². The monoisotopic (exact) mass is 156 g/mol. The summed E-state index contributed by atoms with van der Waals surface area (Å²) in [5.74, 6) is 0.486. The van der Waals surface area contributed by atoms with Crippen LogP contribution in [0.25, 0.3) is 0 Å². The molecule has 0 amide bonds. The van der Waals surface area contributed by atoms with Crippen LogP contribution in [0.5, 0.6) is 0 Å². The predicted molar refractivity (Wildman–Crippen MR) is 38.0 cm³/mol. The number of hydrogen-bond donors (Lipinski definition) is 0. The van der Waals surface area contributed by atoms with E-state index >= 15 is 0 Å². The minimum absolute atomic E-state index is 0.0674. The Morgan fingerprint density at radius 3 is 3.09 bits per heavy atom. The fraction of sp³-hybridized carbons (Fsp3) is 0.875. The zero-order valence-corrected chi connectivity index (χ0v) is 6.58. The molecule has 3 unspecified atom stereocenters. The number of esters is 1.